The van der Waals surface area contributed by atoms with Crippen LogP contribution in [0.2, 0.25) is 0 Å². The van der Waals surface area contributed by atoms with E-state index in [-0.39, 0.29) is 5.41 Å². The van der Waals surface area contributed by atoms with Gasteiger partial charge in [-0.2, -0.15) is 0 Å². The number of para-hydroxylation sites is 1. The van der Waals surface area contributed by atoms with Gasteiger partial charge in [0, 0.05) is 0 Å². The first-order chi connectivity index (χ1) is 29.0. The molecule has 278 valence electrons. The van der Waals surface area contributed by atoms with Crippen LogP contribution < -0.4 is 17.6 Å². The van der Waals surface area contributed by atoms with E-state index >= 15 is 0 Å². The van der Waals surface area contributed by atoms with Crippen molar-refractivity contribution in [3.8, 4) is 50.7 Å². The minimum absolute atomic E-state index is 0.142. The Morgan fingerprint density at radius 3 is 1.85 bits per heavy atom. The summed E-state index contributed by atoms with van der Waals surface area (Å²) in [5, 5.41) is 2.61. The van der Waals surface area contributed by atoms with Gasteiger partial charge >= 0.3 is 336 Å². The van der Waals surface area contributed by atoms with Crippen molar-refractivity contribution in [2.45, 2.75) is 19.3 Å². The Balaban J connectivity index is 1.17. The summed E-state index contributed by atoms with van der Waals surface area (Å²) < 4.78 is 7.92. The zero-order valence-corrected chi connectivity index (χ0v) is 35.0. The van der Waals surface area contributed by atoms with E-state index in [1.807, 2.05) is 0 Å². The quantitative estimate of drug-likeness (QED) is 0.162. The van der Waals surface area contributed by atoms with Crippen LogP contribution in [-0.2, 0) is 5.41 Å². The molecule has 0 fully saturated rings. The van der Waals surface area contributed by atoms with E-state index in [2.05, 4.69) is 219 Å². The Bertz CT molecular complexity index is 3250. The molecule has 0 unspecified atom stereocenters. The van der Waals surface area contributed by atoms with Crippen LogP contribution in [0.25, 0.3) is 72.5 Å². The van der Waals surface area contributed by atoms with Gasteiger partial charge < -0.3 is 0 Å². The van der Waals surface area contributed by atoms with Gasteiger partial charge in [0.1, 0.15) is 0 Å². The number of aromatic nitrogens is 3. The second-order valence-corrected chi connectivity index (χ2v) is 24.2. The van der Waals surface area contributed by atoms with Crippen molar-refractivity contribution in [1.82, 2.24) is 14.5 Å². The number of hydrogen-bond acceptors (Lipinski definition) is 2. The van der Waals surface area contributed by atoms with E-state index in [0.717, 1.165) is 34.0 Å². The van der Waals surface area contributed by atoms with E-state index in [9.17, 15) is 0 Å². The predicted octanol–water partition coefficient (Wildman–Crippen LogP) is 10.6. The SMILES string of the molecule is CC1(C)c2ccccc2-c2ccc3c(c21)c1ccccc1n3-c1cccc(-c2nc(-c3ccccc3)nc3[c]2[Ge]([c]2ccccc2)([c]2ccccc2)[c]2ccccc2-3)c1. The van der Waals surface area contributed by atoms with Crippen molar-refractivity contribution >= 4 is 52.7 Å². The van der Waals surface area contributed by atoms with Crippen molar-refractivity contribution in [2.75, 3.05) is 0 Å². The monoisotopic (exact) mass is 815 g/mol. The van der Waals surface area contributed by atoms with Gasteiger partial charge in [0.2, 0.25) is 0 Å². The van der Waals surface area contributed by atoms with Gasteiger partial charge in [0.15, 0.2) is 0 Å². The van der Waals surface area contributed by atoms with Crippen LogP contribution in [0.4, 0.5) is 0 Å². The van der Waals surface area contributed by atoms with Crippen LogP contribution in [0.1, 0.15) is 25.0 Å². The molecule has 59 heavy (non-hydrogen) atoms. The summed E-state index contributed by atoms with van der Waals surface area (Å²) in [5.74, 6) is 0.744. The normalized spacial score (nSPS) is 14.2. The first kappa shape index (κ1) is 34.2. The number of fused-ring (bicyclic) bond motifs is 10. The molecule has 0 saturated heterocycles. The van der Waals surface area contributed by atoms with Crippen molar-refractivity contribution in [3.63, 3.8) is 0 Å². The molecule has 12 rings (SSSR count). The molecule has 1 aliphatic carbocycles. The number of benzene rings is 8. The summed E-state index contributed by atoms with van der Waals surface area (Å²) >= 11 is -3.74. The molecule has 0 N–H and O–H groups in total. The zero-order chi connectivity index (χ0) is 39.3. The van der Waals surface area contributed by atoms with Crippen molar-refractivity contribution < 1.29 is 0 Å². The third-order valence-corrected chi connectivity index (χ3v) is 23.3. The van der Waals surface area contributed by atoms with Crippen LogP contribution in [0, 0.1) is 0 Å². The third-order valence-electron chi connectivity index (χ3n) is 13.0. The summed E-state index contributed by atoms with van der Waals surface area (Å²) in [6, 6.07) is 73.6. The fraction of sp³-hybridized carbons (Fsp3) is 0.0545. The van der Waals surface area contributed by atoms with Gasteiger partial charge in [-0.3, -0.25) is 0 Å². The van der Waals surface area contributed by atoms with Crippen molar-refractivity contribution in [3.05, 3.63) is 211 Å². The molecule has 0 atom stereocenters. The molecule has 2 aromatic heterocycles. The molecule has 0 radical (unpaired) electrons. The van der Waals surface area contributed by atoms with E-state index < -0.39 is 13.3 Å². The summed E-state index contributed by atoms with van der Waals surface area (Å²) in [6.07, 6.45) is 0. The van der Waals surface area contributed by atoms with E-state index in [0.29, 0.717) is 0 Å². The molecular formula is C55H39GeN3. The standard InChI is InChI=1S/C55H39GeN3/c1-55(2)45-30-15-12-27-41(45)42-33-34-48-49(50(42)55)44-29-14-17-32-47(44)59(48)40-26-18-21-37(35-40)52-51-53(58-54(57-52)36-19-6-3-7-20-36)43-28-13-16-31-46(43)56(51,38-22-8-4-9-23-38)39-24-10-5-11-25-39/h3-35H,1-2H3. The van der Waals surface area contributed by atoms with Gasteiger partial charge in [0.25, 0.3) is 0 Å². The summed E-state index contributed by atoms with van der Waals surface area (Å²) in [6.45, 7) is 4.78. The summed E-state index contributed by atoms with van der Waals surface area (Å²) in [5.41, 5.74) is 14.2. The fourth-order valence-electron chi connectivity index (χ4n) is 10.6. The van der Waals surface area contributed by atoms with Crippen LogP contribution in [0.5, 0.6) is 0 Å². The van der Waals surface area contributed by atoms with E-state index in [1.54, 1.807) is 0 Å². The number of rotatable bonds is 5. The summed E-state index contributed by atoms with van der Waals surface area (Å²) in [7, 11) is 0. The molecule has 8 aromatic carbocycles. The molecule has 0 bridgehead atoms. The molecule has 0 amide bonds. The van der Waals surface area contributed by atoms with Crippen LogP contribution in [0.15, 0.2) is 200 Å². The van der Waals surface area contributed by atoms with Gasteiger partial charge in [-0.05, 0) is 0 Å². The number of nitrogens with zero attached hydrogens (tertiary/aromatic N) is 3. The molecule has 3 nitrogen and oxygen atoms in total. The van der Waals surface area contributed by atoms with Gasteiger partial charge in [0.05, 0.1) is 0 Å². The summed E-state index contributed by atoms with van der Waals surface area (Å²) in [4.78, 5) is 11.2. The molecule has 4 heteroatoms. The average molecular weight is 815 g/mol. The fourth-order valence-corrected chi connectivity index (χ4v) is 21.6. The average Bonchev–Trinajstić information content (AvgIpc) is 3.88. The Kier molecular flexibility index (Phi) is 7.45. The first-order valence-corrected chi connectivity index (χ1v) is 24.7. The zero-order valence-electron chi connectivity index (χ0n) is 32.9. The molecule has 0 saturated carbocycles. The second kappa shape index (κ2) is 12.8. The molecule has 10 aromatic rings. The van der Waals surface area contributed by atoms with Crippen LogP contribution in [-0.4, -0.2) is 27.8 Å². The minimum atomic E-state index is -3.74. The molecule has 3 heterocycles. The molecule has 0 spiro atoms. The maximum atomic E-state index is 5.68. The first-order valence-electron chi connectivity index (χ1n) is 20.5. The van der Waals surface area contributed by atoms with Crippen LogP contribution >= 0.6 is 0 Å². The molecular weight excluding hydrogens is 775 g/mol. The third kappa shape index (κ3) is 4.77. The van der Waals surface area contributed by atoms with Crippen molar-refractivity contribution in [1.29, 1.82) is 0 Å². The van der Waals surface area contributed by atoms with Crippen molar-refractivity contribution in [2.24, 2.45) is 0 Å². The Hall–Kier alpha value is -6.82. The Morgan fingerprint density at radius 2 is 1.08 bits per heavy atom. The van der Waals surface area contributed by atoms with Gasteiger partial charge in [-0.15, -0.1) is 0 Å². The molecule has 2 aliphatic rings. The van der Waals surface area contributed by atoms with Gasteiger partial charge in [-0.25, -0.2) is 0 Å². The number of hydrogen-bond donors (Lipinski definition) is 0. The van der Waals surface area contributed by atoms with E-state index in [1.165, 1.54) is 67.2 Å². The van der Waals surface area contributed by atoms with E-state index in [4.69, 9.17) is 9.97 Å². The maximum absolute atomic E-state index is 5.68. The van der Waals surface area contributed by atoms with Gasteiger partial charge in [-0.1, -0.05) is 12.1 Å². The Morgan fingerprint density at radius 1 is 0.475 bits per heavy atom. The Labute approximate surface area is 346 Å². The second-order valence-electron chi connectivity index (χ2n) is 16.5. The topological polar surface area (TPSA) is 30.7 Å². The predicted molar refractivity (Wildman–Crippen MR) is 247 cm³/mol. The van der Waals surface area contributed by atoms with Crippen LogP contribution in [0.3, 0.4) is 0 Å². The molecule has 1 aliphatic heterocycles.